The summed E-state index contributed by atoms with van der Waals surface area (Å²) in [5.41, 5.74) is 0.421. The summed E-state index contributed by atoms with van der Waals surface area (Å²) >= 11 is 0. The average Bonchev–Trinajstić information content (AvgIpc) is 2.61. The fraction of sp³-hybridized carbons (Fsp3) is 0.333. The summed E-state index contributed by atoms with van der Waals surface area (Å²) in [6.07, 6.45) is 1.02. The molecular formula is C12H14N2O4S. The highest BCUT2D eigenvalue weighted by Gasteiger charge is 2.31. The highest BCUT2D eigenvalue weighted by Crippen LogP contribution is 2.22. The second kappa shape index (κ2) is 5.00. The Bertz CT molecular complexity index is 637. The van der Waals surface area contributed by atoms with Gasteiger partial charge in [-0.1, -0.05) is 25.5 Å². The standard InChI is InChI=1S/C12H14N2O4S/c1-2-5-9(12(15)16)13-11-8-6-3-4-7-10(8)19(17,18)14-11/h3-4,6-7,9H,2,5H2,1H3,(H,13,14)(H,15,16). The van der Waals surface area contributed by atoms with Crippen molar-refractivity contribution in [1.82, 2.24) is 4.72 Å². The molecule has 0 aromatic heterocycles. The average molecular weight is 282 g/mol. The quantitative estimate of drug-likeness (QED) is 0.860. The van der Waals surface area contributed by atoms with Crippen molar-refractivity contribution in [1.29, 1.82) is 0 Å². The molecule has 7 heteroatoms. The van der Waals surface area contributed by atoms with Gasteiger partial charge in [-0.15, -0.1) is 0 Å². The highest BCUT2D eigenvalue weighted by atomic mass is 32.2. The van der Waals surface area contributed by atoms with E-state index < -0.39 is 22.0 Å². The van der Waals surface area contributed by atoms with Crippen LogP contribution in [0, 0.1) is 0 Å². The third-order valence-electron chi connectivity index (χ3n) is 2.79. The minimum atomic E-state index is -3.61. The van der Waals surface area contributed by atoms with Crippen molar-refractivity contribution in [3.05, 3.63) is 29.8 Å². The first-order valence-electron chi connectivity index (χ1n) is 5.88. The molecule has 1 aromatic rings. The van der Waals surface area contributed by atoms with E-state index in [0.29, 0.717) is 18.4 Å². The van der Waals surface area contributed by atoms with Crippen molar-refractivity contribution in [2.24, 2.45) is 4.99 Å². The molecule has 1 heterocycles. The Balaban J connectivity index is 2.46. The summed E-state index contributed by atoms with van der Waals surface area (Å²) in [5, 5.41) is 9.06. The third kappa shape index (κ3) is 2.60. The number of benzene rings is 1. The van der Waals surface area contributed by atoms with Crippen LogP contribution in [0.25, 0.3) is 0 Å². The second-order valence-corrected chi connectivity index (χ2v) is 5.87. The Morgan fingerprint density at radius 1 is 1.42 bits per heavy atom. The predicted octanol–water partition coefficient (Wildman–Crippen LogP) is 0.978. The number of hydrogen-bond donors (Lipinski definition) is 2. The van der Waals surface area contributed by atoms with E-state index in [1.54, 1.807) is 18.2 Å². The van der Waals surface area contributed by atoms with E-state index in [-0.39, 0.29) is 10.7 Å². The van der Waals surface area contributed by atoms with Crippen LogP contribution in [0.15, 0.2) is 34.2 Å². The molecule has 0 spiro atoms. The zero-order valence-corrected chi connectivity index (χ0v) is 11.1. The van der Waals surface area contributed by atoms with E-state index in [9.17, 15) is 13.2 Å². The number of fused-ring (bicyclic) bond motifs is 1. The number of hydrogen-bond acceptors (Lipinski definition) is 4. The van der Waals surface area contributed by atoms with Gasteiger partial charge in [-0.2, -0.15) is 0 Å². The Morgan fingerprint density at radius 3 is 2.74 bits per heavy atom. The van der Waals surface area contributed by atoms with Gasteiger partial charge in [0.15, 0.2) is 0 Å². The van der Waals surface area contributed by atoms with Gasteiger partial charge in [0.05, 0.1) is 4.90 Å². The lowest BCUT2D eigenvalue weighted by Gasteiger charge is -2.07. The van der Waals surface area contributed by atoms with Crippen LogP contribution < -0.4 is 4.72 Å². The minimum Gasteiger partial charge on any atom is -0.480 e. The van der Waals surface area contributed by atoms with Gasteiger partial charge in [0, 0.05) is 5.56 Å². The van der Waals surface area contributed by atoms with Gasteiger partial charge < -0.3 is 5.11 Å². The molecular weight excluding hydrogens is 268 g/mol. The number of nitrogens with one attached hydrogen (secondary N) is 1. The highest BCUT2D eigenvalue weighted by molar-refractivity contribution is 7.90. The zero-order valence-electron chi connectivity index (χ0n) is 10.3. The van der Waals surface area contributed by atoms with Gasteiger partial charge in [0.25, 0.3) is 10.0 Å². The summed E-state index contributed by atoms with van der Waals surface area (Å²) < 4.78 is 26.0. The molecule has 0 saturated heterocycles. The predicted molar refractivity (Wildman–Crippen MR) is 69.6 cm³/mol. The molecule has 1 aromatic carbocycles. The smallest absolute Gasteiger partial charge is 0.328 e. The first kappa shape index (κ1) is 13.5. The topological polar surface area (TPSA) is 95.8 Å². The largest absolute Gasteiger partial charge is 0.480 e. The molecule has 2 rings (SSSR count). The molecule has 0 bridgehead atoms. The van der Waals surface area contributed by atoms with Crippen LogP contribution in [0.3, 0.4) is 0 Å². The Morgan fingerprint density at radius 2 is 2.11 bits per heavy atom. The molecule has 1 unspecified atom stereocenters. The van der Waals surface area contributed by atoms with E-state index in [4.69, 9.17) is 5.11 Å². The van der Waals surface area contributed by atoms with Crippen LogP contribution in [0.5, 0.6) is 0 Å². The Hall–Kier alpha value is -1.89. The third-order valence-corrected chi connectivity index (χ3v) is 4.19. The maximum absolute atomic E-state index is 11.8. The number of rotatable bonds is 4. The molecule has 1 aliphatic heterocycles. The summed E-state index contributed by atoms with van der Waals surface area (Å²) in [7, 11) is -3.61. The fourth-order valence-corrected chi connectivity index (χ4v) is 3.14. The van der Waals surface area contributed by atoms with Gasteiger partial charge in [-0.3, -0.25) is 9.71 Å². The summed E-state index contributed by atoms with van der Waals surface area (Å²) in [5.74, 6) is -0.950. The van der Waals surface area contributed by atoms with E-state index in [2.05, 4.69) is 9.71 Å². The summed E-state index contributed by atoms with van der Waals surface area (Å²) in [4.78, 5) is 15.2. The molecule has 0 aliphatic carbocycles. The van der Waals surface area contributed by atoms with Crippen molar-refractivity contribution in [2.45, 2.75) is 30.7 Å². The first-order valence-corrected chi connectivity index (χ1v) is 7.37. The summed E-state index contributed by atoms with van der Waals surface area (Å²) in [6, 6.07) is 5.44. The molecule has 0 radical (unpaired) electrons. The number of amidine groups is 1. The van der Waals surface area contributed by atoms with Gasteiger partial charge in [-0.05, 0) is 18.6 Å². The number of carboxylic acids is 1. The molecule has 19 heavy (non-hydrogen) atoms. The van der Waals surface area contributed by atoms with Crippen LogP contribution in [-0.2, 0) is 14.8 Å². The maximum atomic E-state index is 11.8. The molecule has 0 amide bonds. The number of nitrogens with zero attached hydrogens (tertiary/aromatic N) is 1. The SMILES string of the molecule is CCCC(N=C1NS(=O)(=O)c2ccccc21)C(=O)O. The summed E-state index contributed by atoms with van der Waals surface area (Å²) in [6.45, 7) is 1.85. The van der Waals surface area contributed by atoms with E-state index in [0.717, 1.165) is 0 Å². The van der Waals surface area contributed by atoms with Gasteiger partial charge in [0.2, 0.25) is 0 Å². The molecule has 1 atom stereocenters. The number of carboxylic acid groups (broad SMARTS) is 1. The van der Waals surface area contributed by atoms with Crippen LogP contribution >= 0.6 is 0 Å². The van der Waals surface area contributed by atoms with E-state index in [1.165, 1.54) is 6.07 Å². The van der Waals surface area contributed by atoms with E-state index >= 15 is 0 Å². The second-order valence-electron chi connectivity index (χ2n) is 4.22. The van der Waals surface area contributed by atoms with Crippen molar-refractivity contribution < 1.29 is 18.3 Å². The molecule has 6 nitrogen and oxygen atoms in total. The van der Waals surface area contributed by atoms with Crippen LogP contribution in [0.2, 0.25) is 0 Å². The fourth-order valence-electron chi connectivity index (χ4n) is 1.90. The van der Waals surface area contributed by atoms with Crippen molar-refractivity contribution in [3.63, 3.8) is 0 Å². The van der Waals surface area contributed by atoms with Crippen LogP contribution in [0.4, 0.5) is 0 Å². The molecule has 0 saturated carbocycles. The van der Waals surface area contributed by atoms with Gasteiger partial charge in [0.1, 0.15) is 11.9 Å². The number of aliphatic imine (C=N–C) groups is 1. The van der Waals surface area contributed by atoms with Crippen molar-refractivity contribution >= 4 is 21.8 Å². The molecule has 102 valence electrons. The molecule has 2 N–H and O–H groups in total. The van der Waals surface area contributed by atoms with E-state index in [1.807, 2.05) is 6.92 Å². The number of aliphatic carboxylic acids is 1. The van der Waals surface area contributed by atoms with Gasteiger partial charge in [-0.25, -0.2) is 13.2 Å². The normalized spacial score (nSPS) is 19.7. The Kier molecular flexibility index (Phi) is 3.57. The van der Waals surface area contributed by atoms with Crippen LogP contribution in [-0.4, -0.2) is 31.4 Å². The Labute approximate surface area is 111 Å². The monoisotopic (exact) mass is 282 g/mol. The van der Waals surface area contributed by atoms with Crippen molar-refractivity contribution in [2.75, 3.05) is 0 Å². The lowest BCUT2D eigenvalue weighted by atomic mass is 10.1. The lowest BCUT2D eigenvalue weighted by molar-refractivity contribution is -0.138. The molecule has 0 fully saturated rings. The first-order chi connectivity index (χ1) is 8.95. The van der Waals surface area contributed by atoms with Crippen LogP contribution in [0.1, 0.15) is 25.3 Å². The number of carbonyl (C=O) groups is 1. The minimum absolute atomic E-state index is 0.108. The zero-order chi connectivity index (χ0) is 14.0. The molecule has 1 aliphatic rings. The maximum Gasteiger partial charge on any atom is 0.328 e. The lowest BCUT2D eigenvalue weighted by Crippen LogP contribution is -2.27. The van der Waals surface area contributed by atoms with Gasteiger partial charge >= 0.3 is 5.97 Å². The van der Waals surface area contributed by atoms with Crippen molar-refractivity contribution in [3.8, 4) is 0 Å². The number of sulfonamides is 1.